The molecule has 2 rings (SSSR count). The number of rotatable bonds is 12. The summed E-state index contributed by atoms with van der Waals surface area (Å²) in [5, 5.41) is 5.98. The monoisotopic (exact) mass is 489 g/mol. The standard InChI is InChI=1S/C25H33N3O3S2/c1-16(2)9-7-8-10-17(3)24-28-20(15-33-24)25-27-19(14-32-25)11-12-21(30-5)18(4)22(31-6)13-23(26)29/h7-18,21H,1-6H3,(H2,26,29)/b9-7+,10-8+,12-11+,22-13+/t17-,18+,21-/m0/s1/i5+1,6+1. The zero-order chi connectivity index (χ0) is 24.4. The van der Waals surface area contributed by atoms with Gasteiger partial charge in [0.05, 0.1) is 23.9 Å². The minimum Gasteiger partial charge on any atom is -0.501 e. The van der Waals surface area contributed by atoms with E-state index >= 15 is 0 Å². The summed E-state index contributed by atoms with van der Waals surface area (Å²) < 4.78 is 10.9. The summed E-state index contributed by atoms with van der Waals surface area (Å²) in [6.07, 6.45) is 13.3. The molecule has 0 spiro atoms. The molecular weight excluding hydrogens is 456 g/mol. The Balaban J connectivity index is 2.09. The number of nitrogens with zero attached hydrogens (tertiary/aromatic N) is 2. The maximum absolute atomic E-state index is 11.2. The van der Waals surface area contributed by atoms with Crippen molar-refractivity contribution in [2.24, 2.45) is 17.6 Å². The first-order chi connectivity index (χ1) is 15.7. The van der Waals surface area contributed by atoms with Crippen LogP contribution < -0.4 is 5.73 Å². The van der Waals surface area contributed by atoms with Gasteiger partial charge in [0.2, 0.25) is 5.91 Å². The van der Waals surface area contributed by atoms with E-state index in [-0.39, 0.29) is 17.9 Å². The molecule has 33 heavy (non-hydrogen) atoms. The third-order valence-corrected chi connectivity index (χ3v) is 6.78. The topological polar surface area (TPSA) is 87.3 Å². The van der Waals surface area contributed by atoms with Crippen LogP contribution in [0.1, 0.15) is 44.3 Å². The number of thiazole rings is 2. The molecule has 8 heteroatoms. The van der Waals surface area contributed by atoms with E-state index in [1.165, 1.54) is 13.2 Å². The molecule has 0 aliphatic rings. The van der Waals surface area contributed by atoms with Crippen LogP contribution in [0.3, 0.4) is 0 Å². The zero-order valence-electron chi connectivity index (χ0n) is 20.0. The lowest BCUT2D eigenvalue weighted by Gasteiger charge is -2.21. The molecule has 1 amide bonds. The number of aromatic nitrogens is 2. The lowest BCUT2D eigenvalue weighted by Crippen LogP contribution is -2.22. The van der Waals surface area contributed by atoms with Crippen LogP contribution in [0.15, 0.2) is 53.0 Å². The van der Waals surface area contributed by atoms with Crippen LogP contribution >= 0.6 is 22.7 Å². The largest absolute Gasteiger partial charge is 0.501 e. The number of nitrogens with two attached hydrogens (primary N) is 1. The highest BCUT2D eigenvalue weighted by Crippen LogP contribution is 2.29. The quantitative estimate of drug-likeness (QED) is 0.176. The fourth-order valence-corrected chi connectivity index (χ4v) is 4.66. The van der Waals surface area contributed by atoms with E-state index in [4.69, 9.17) is 25.2 Å². The van der Waals surface area contributed by atoms with Crippen molar-refractivity contribution in [3.63, 3.8) is 0 Å². The maximum Gasteiger partial charge on any atom is 0.244 e. The van der Waals surface area contributed by atoms with Gasteiger partial charge in [-0.3, -0.25) is 4.79 Å². The Hall–Kier alpha value is -2.55. The van der Waals surface area contributed by atoms with Gasteiger partial charge < -0.3 is 15.2 Å². The van der Waals surface area contributed by atoms with E-state index in [1.54, 1.807) is 29.8 Å². The highest BCUT2D eigenvalue weighted by Gasteiger charge is 2.20. The smallest absolute Gasteiger partial charge is 0.244 e. The van der Waals surface area contributed by atoms with Gasteiger partial charge in [-0.1, -0.05) is 58.1 Å². The molecule has 0 aliphatic heterocycles. The second-order valence-electron chi connectivity index (χ2n) is 7.95. The molecule has 0 saturated heterocycles. The van der Waals surface area contributed by atoms with E-state index in [2.05, 4.69) is 50.5 Å². The molecule has 0 aromatic carbocycles. The molecule has 0 saturated carbocycles. The summed E-state index contributed by atoms with van der Waals surface area (Å²) >= 11 is 3.20. The van der Waals surface area contributed by atoms with E-state index in [0.717, 1.165) is 21.4 Å². The summed E-state index contributed by atoms with van der Waals surface area (Å²) in [5.41, 5.74) is 6.97. The fourth-order valence-electron chi connectivity index (χ4n) is 3.00. The number of allylic oxidation sites excluding steroid dienone is 4. The predicted octanol–water partition coefficient (Wildman–Crippen LogP) is 5.82. The Morgan fingerprint density at radius 3 is 2.39 bits per heavy atom. The van der Waals surface area contributed by atoms with Crippen molar-refractivity contribution >= 4 is 34.7 Å². The molecule has 2 aromatic heterocycles. The predicted molar refractivity (Wildman–Crippen MR) is 138 cm³/mol. The lowest BCUT2D eigenvalue weighted by molar-refractivity contribution is -0.113. The Morgan fingerprint density at radius 1 is 1.03 bits per heavy atom. The molecule has 2 aromatic rings. The highest BCUT2D eigenvalue weighted by atomic mass is 32.1. The third-order valence-electron chi connectivity index (χ3n) is 4.85. The van der Waals surface area contributed by atoms with E-state index < -0.39 is 5.91 Å². The number of methoxy groups -OCH3 is 2. The van der Waals surface area contributed by atoms with E-state index in [0.29, 0.717) is 11.7 Å². The van der Waals surface area contributed by atoms with Gasteiger partial charge in [-0.25, -0.2) is 9.97 Å². The molecule has 3 atom stereocenters. The Labute approximate surface area is 204 Å². The van der Waals surface area contributed by atoms with E-state index in [1.807, 2.05) is 24.5 Å². The second kappa shape index (κ2) is 13.2. The van der Waals surface area contributed by atoms with Crippen molar-refractivity contribution in [3.8, 4) is 10.7 Å². The summed E-state index contributed by atoms with van der Waals surface area (Å²) in [6, 6.07) is 0. The van der Waals surface area contributed by atoms with Gasteiger partial charge >= 0.3 is 0 Å². The van der Waals surface area contributed by atoms with Crippen molar-refractivity contribution in [1.29, 1.82) is 0 Å². The Bertz CT molecular complexity index is 1020. The van der Waals surface area contributed by atoms with Crippen molar-refractivity contribution in [2.75, 3.05) is 14.2 Å². The molecule has 2 N–H and O–H groups in total. The van der Waals surface area contributed by atoms with Gasteiger partial charge in [0.25, 0.3) is 0 Å². The molecule has 178 valence electrons. The van der Waals surface area contributed by atoms with Gasteiger partial charge in [-0.15, -0.1) is 22.7 Å². The molecule has 2 heterocycles. The fraction of sp³-hybridized carbons (Fsp3) is 0.400. The number of hydrogen-bond acceptors (Lipinski definition) is 7. The van der Waals surface area contributed by atoms with Crippen LogP contribution in [-0.4, -0.2) is 36.2 Å². The third kappa shape index (κ3) is 8.38. The number of amides is 1. The average Bonchev–Trinajstić information content (AvgIpc) is 3.44. The van der Waals surface area contributed by atoms with Crippen LogP contribution in [0, 0.1) is 11.8 Å². The maximum atomic E-state index is 11.2. The number of ether oxygens (including phenoxy) is 2. The van der Waals surface area contributed by atoms with Gasteiger partial charge in [0.1, 0.15) is 16.5 Å². The second-order valence-corrected chi connectivity index (χ2v) is 9.70. The number of carbonyl (C=O) groups is 1. The Kier molecular flexibility index (Phi) is 10.7. The SMILES string of the molecule is CC(C)/C=C/C=C/[C@H](C)c1nc(-c2nc(/C=C/[C@H](O[13CH3])[C@@H](C)/C(=C\C(N)=O)O[13CH3])cs2)cs1. The molecule has 0 bridgehead atoms. The highest BCUT2D eigenvalue weighted by molar-refractivity contribution is 7.14. The number of primary amides is 1. The minimum absolute atomic E-state index is 0.187. The van der Waals surface area contributed by atoms with E-state index in [9.17, 15) is 4.79 Å². The summed E-state index contributed by atoms with van der Waals surface area (Å²) in [5.74, 6) is 0.512. The average molecular weight is 490 g/mol. The van der Waals surface area contributed by atoms with Crippen molar-refractivity contribution in [1.82, 2.24) is 9.97 Å². The first kappa shape index (κ1) is 26.7. The minimum atomic E-state index is -0.555. The van der Waals surface area contributed by atoms with Crippen molar-refractivity contribution in [3.05, 3.63) is 63.7 Å². The lowest BCUT2D eigenvalue weighted by atomic mass is 10.0. The van der Waals surface area contributed by atoms with Gasteiger partial charge in [-0.05, 0) is 12.0 Å². The van der Waals surface area contributed by atoms with Crippen LogP contribution in [0.5, 0.6) is 0 Å². The Morgan fingerprint density at radius 2 is 1.76 bits per heavy atom. The van der Waals surface area contributed by atoms with Gasteiger partial charge in [-0.2, -0.15) is 0 Å². The molecular formula is C25H33N3O3S2. The number of carbonyl (C=O) groups excluding carboxylic acids is 1. The molecule has 6 nitrogen and oxygen atoms in total. The first-order valence-electron chi connectivity index (χ1n) is 10.8. The zero-order valence-corrected chi connectivity index (χ0v) is 21.7. The van der Waals surface area contributed by atoms with Gasteiger partial charge in [0, 0.05) is 35.8 Å². The molecule has 0 fully saturated rings. The molecule has 0 unspecified atom stereocenters. The number of hydrogen-bond donors (Lipinski definition) is 1. The molecule has 0 radical (unpaired) electrons. The summed E-state index contributed by atoms with van der Waals surface area (Å²) in [7, 11) is 3.12. The molecule has 0 aliphatic carbocycles. The van der Waals surface area contributed by atoms with Crippen LogP contribution in [-0.2, 0) is 14.3 Å². The first-order valence-corrected chi connectivity index (χ1v) is 12.5. The van der Waals surface area contributed by atoms with Crippen LogP contribution in [0.25, 0.3) is 16.8 Å². The van der Waals surface area contributed by atoms with Crippen LogP contribution in [0.2, 0.25) is 0 Å². The van der Waals surface area contributed by atoms with Crippen molar-refractivity contribution < 1.29 is 14.3 Å². The normalized spacial score (nSPS) is 15.7. The summed E-state index contributed by atoms with van der Waals surface area (Å²) in [6.45, 7) is 8.37. The summed E-state index contributed by atoms with van der Waals surface area (Å²) in [4.78, 5) is 20.7. The van der Waals surface area contributed by atoms with Gasteiger partial charge in [0.15, 0.2) is 0 Å². The van der Waals surface area contributed by atoms with Crippen LogP contribution in [0.4, 0.5) is 0 Å². The van der Waals surface area contributed by atoms with Crippen molar-refractivity contribution in [2.45, 2.75) is 39.7 Å².